The van der Waals surface area contributed by atoms with E-state index in [9.17, 15) is 4.79 Å². The molecular weight excluding hydrogens is 214 g/mol. The third-order valence-electron chi connectivity index (χ3n) is 2.40. The Hall–Kier alpha value is -1.42. The Morgan fingerprint density at radius 1 is 1.47 bits per heavy atom. The van der Waals surface area contributed by atoms with Crippen LogP contribution < -0.4 is 10.2 Å². The Bertz CT molecular complexity index is 357. The van der Waals surface area contributed by atoms with Crippen molar-refractivity contribution >= 4 is 11.6 Å². The molecule has 94 valence electrons. The first-order chi connectivity index (χ1) is 7.90. The van der Waals surface area contributed by atoms with E-state index in [-0.39, 0.29) is 11.4 Å². The summed E-state index contributed by atoms with van der Waals surface area (Å²) in [6, 6.07) is 3.70. The predicted octanol–water partition coefficient (Wildman–Crippen LogP) is 1.82. The van der Waals surface area contributed by atoms with Crippen molar-refractivity contribution in [1.82, 2.24) is 10.3 Å². The second-order valence-corrected chi connectivity index (χ2v) is 5.09. The first-order valence-electron chi connectivity index (χ1n) is 5.82. The lowest BCUT2D eigenvalue weighted by molar-refractivity contribution is -0.118. The summed E-state index contributed by atoms with van der Waals surface area (Å²) in [6.07, 6.45) is 3.88. The molecule has 0 saturated heterocycles. The molecule has 4 nitrogen and oxygen atoms in total. The normalized spacial score (nSPS) is 11.3. The summed E-state index contributed by atoms with van der Waals surface area (Å²) in [5.74, 6) is 0.0924. The van der Waals surface area contributed by atoms with Crippen molar-refractivity contribution in [2.45, 2.75) is 32.7 Å². The minimum atomic E-state index is 0.0488. The van der Waals surface area contributed by atoms with Gasteiger partial charge in [0, 0.05) is 31.7 Å². The van der Waals surface area contributed by atoms with Gasteiger partial charge < -0.3 is 10.2 Å². The van der Waals surface area contributed by atoms with Gasteiger partial charge in [-0.05, 0) is 32.9 Å². The van der Waals surface area contributed by atoms with Crippen LogP contribution in [0.25, 0.3) is 0 Å². The smallest absolute Gasteiger partial charge is 0.228 e. The molecule has 1 aromatic rings. The Kier molecular flexibility index (Phi) is 4.63. The topological polar surface area (TPSA) is 45.2 Å². The Morgan fingerprint density at radius 2 is 2.18 bits per heavy atom. The molecule has 17 heavy (non-hydrogen) atoms. The predicted molar refractivity (Wildman–Crippen MR) is 70.0 cm³/mol. The lowest BCUT2D eigenvalue weighted by atomic mass is 10.1. The number of nitrogens with one attached hydrogen (secondary N) is 1. The number of aromatic nitrogens is 1. The van der Waals surface area contributed by atoms with E-state index in [1.807, 2.05) is 12.1 Å². The van der Waals surface area contributed by atoms with Crippen molar-refractivity contribution in [2.24, 2.45) is 0 Å². The van der Waals surface area contributed by atoms with Crippen LogP contribution in [0.1, 0.15) is 27.2 Å². The van der Waals surface area contributed by atoms with Gasteiger partial charge in [0.05, 0.1) is 11.9 Å². The van der Waals surface area contributed by atoms with Crippen molar-refractivity contribution in [3.8, 4) is 0 Å². The quantitative estimate of drug-likeness (QED) is 0.866. The van der Waals surface area contributed by atoms with E-state index in [0.29, 0.717) is 13.0 Å². The van der Waals surface area contributed by atoms with Crippen molar-refractivity contribution in [2.75, 3.05) is 18.5 Å². The lowest BCUT2D eigenvalue weighted by Gasteiger charge is -2.22. The molecule has 0 fully saturated rings. The van der Waals surface area contributed by atoms with Crippen LogP contribution in [0.3, 0.4) is 0 Å². The van der Waals surface area contributed by atoms with Gasteiger partial charge in [-0.1, -0.05) is 0 Å². The molecule has 0 spiro atoms. The average Bonchev–Trinajstić information content (AvgIpc) is 2.27. The number of pyridine rings is 1. The van der Waals surface area contributed by atoms with Crippen LogP contribution in [0.2, 0.25) is 0 Å². The molecule has 0 saturated carbocycles. The highest BCUT2D eigenvalue weighted by molar-refractivity contribution is 5.92. The number of hydrogen-bond donors (Lipinski definition) is 1. The van der Waals surface area contributed by atoms with Gasteiger partial charge in [0.2, 0.25) is 5.91 Å². The Labute approximate surface area is 103 Å². The van der Waals surface area contributed by atoms with Gasteiger partial charge in [-0.25, -0.2) is 0 Å². The summed E-state index contributed by atoms with van der Waals surface area (Å²) < 4.78 is 0. The maximum absolute atomic E-state index is 11.9. The van der Waals surface area contributed by atoms with Crippen LogP contribution in [0.15, 0.2) is 24.5 Å². The lowest BCUT2D eigenvalue weighted by Crippen LogP contribution is -2.38. The molecule has 0 aliphatic carbocycles. The first-order valence-corrected chi connectivity index (χ1v) is 5.82. The van der Waals surface area contributed by atoms with Crippen LogP contribution in [0, 0.1) is 0 Å². The van der Waals surface area contributed by atoms with Crippen LogP contribution in [0.4, 0.5) is 5.69 Å². The first kappa shape index (κ1) is 13.6. The molecule has 0 aliphatic rings. The number of anilines is 1. The summed E-state index contributed by atoms with van der Waals surface area (Å²) in [4.78, 5) is 17.5. The molecule has 0 aliphatic heterocycles. The molecule has 0 atom stereocenters. The largest absolute Gasteiger partial charge is 0.314 e. The van der Waals surface area contributed by atoms with Crippen LogP contribution >= 0.6 is 0 Å². The highest BCUT2D eigenvalue weighted by Gasteiger charge is 2.13. The summed E-state index contributed by atoms with van der Waals surface area (Å²) in [6.45, 7) is 6.94. The fraction of sp³-hybridized carbons (Fsp3) is 0.538. The summed E-state index contributed by atoms with van der Waals surface area (Å²) >= 11 is 0. The van der Waals surface area contributed by atoms with Gasteiger partial charge in [-0.15, -0.1) is 0 Å². The number of hydrogen-bond acceptors (Lipinski definition) is 3. The summed E-state index contributed by atoms with van der Waals surface area (Å²) in [7, 11) is 1.77. The van der Waals surface area contributed by atoms with Crippen molar-refractivity contribution in [1.29, 1.82) is 0 Å². The van der Waals surface area contributed by atoms with Crippen molar-refractivity contribution in [3.05, 3.63) is 24.5 Å². The van der Waals surface area contributed by atoms with Gasteiger partial charge in [0.1, 0.15) is 0 Å². The summed E-state index contributed by atoms with van der Waals surface area (Å²) in [5, 5.41) is 3.30. The maximum Gasteiger partial charge on any atom is 0.228 e. The van der Waals surface area contributed by atoms with E-state index in [2.05, 4.69) is 31.1 Å². The van der Waals surface area contributed by atoms with Crippen molar-refractivity contribution < 1.29 is 4.79 Å². The standard InChI is InChI=1S/C13H21N3O/c1-13(2,3)15-9-7-12(17)16(4)11-6-5-8-14-10-11/h5-6,8,10,15H,7,9H2,1-4H3. The summed E-state index contributed by atoms with van der Waals surface area (Å²) in [5.41, 5.74) is 0.876. The zero-order chi connectivity index (χ0) is 12.9. The van der Waals surface area contributed by atoms with E-state index in [4.69, 9.17) is 0 Å². The molecule has 4 heteroatoms. The van der Waals surface area contributed by atoms with E-state index < -0.39 is 0 Å². The van der Waals surface area contributed by atoms with E-state index in [1.54, 1.807) is 24.3 Å². The maximum atomic E-state index is 11.9. The number of amides is 1. The van der Waals surface area contributed by atoms with Crippen LogP contribution in [-0.4, -0.2) is 30.0 Å². The number of carbonyl (C=O) groups excluding carboxylic acids is 1. The van der Waals surface area contributed by atoms with E-state index >= 15 is 0 Å². The highest BCUT2D eigenvalue weighted by atomic mass is 16.2. The Balaban J connectivity index is 2.43. The highest BCUT2D eigenvalue weighted by Crippen LogP contribution is 2.10. The zero-order valence-corrected chi connectivity index (χ0v) is 11.0. The number of nitrogens with zero attached hydrogens (tertiary/aromatic N) is 2. The Morgan fingerprint density at radius 3 is 2.71 bits per heavy atom. The molecule has 1 rings (SSSR count). The fourth-order valence-corrected chi connectivity index (χ4v) is 1.41. The molecule has 0 bridgehead atoms. The molecule has 1 aromatic heterocycles. The fourth-order valence-electron chi connectivity index (χ4n) is 1.41. The van der Waals surface area contributed by atoms with Gasteiger partial charge in [0.25, 0.3) is 0 Å². The third-order valence-corrected chi connectivity index (χ3v) is 2.40. The van der Waals surface area contributed by atoms with Crippen LogP contribution in [0.5, 0.6) is 0 Å². The number of rotatable bonds is 4. The molecule has 0 aromatic carbocycles. The molecule has 1 N–H and O–H groups in total. The molecule has 0 radical (unpaired) electrons. The van der Waals surface area contributed by atoms with E-state index in [1.165, 1.54) is 0 Å². The van der Waals surface area contributed by atoms with Gasteiger partial charge >= 0.3 is 0 Å². The zero-order valence-electron chi connectivity index (χ0n) is 11.0. The average molecular weight is 235 g/mol. The van der Waals surface area contributed by atoms with Gasteiger partial charge in [-0.2, -0.15) is 0 Å². The SMILES string of the molecule is CN(C(=O)CCNC(C)(C)C)c1cccnc1. The third kappa shape index (κ3) is 4.95. The minimum Gasteiger partial charge on any atom is -0.314 e. The van der Waals surface area contributed by atoms with Gasteiger partial charge in [-0.3, -0.25) is 9.78 Å². The molecular formula is C13H21N3O. The van der Waals surface area contributed by atoms with E-state index in [0.717, 1.165) is 5.69 Å². The van der Waals surface area contributed by atoms with Crippen molar-refractivity contribution in [3.63, 3.8) is 0 Å². The minimum absolute atomic E-state index is 0.0488. The second kappa shape index (κ2) is 5.77. The second-order valence-electron chi connectivity index (χ2n) is 5.09. The number of carbonyl (C=O) groups is 1. The monoisotopic (exact) mass is 235 g/mol. The van der Waals surface area contributed by atoms with Crippen LogP contribution in [-0.2, 0) is 4.79 Å². The molecule has 1 amide bonds. The molecule has 0 unspecified atom stereocenters. The van der Waals surface area contributed by atoms with Gasteiger partial charge in [0.15, 0.2) is 0 Å². The molecule has 1 heterocycles.